The summed E-state index contributed by atoms with van der Waals surface area (Å²) in [4.78, 5) is 55.5. The highest BCUT2D eigenvalue weighted by Gasteiger charge is 2.38. The molecule has 3 amide bonds. The summed E-state index contributed by atoms with van der Waals surface area (Å²) in [6, 6.07) is 9.06. The molecule has 224 valence electrons. The average Bonchev–Trinajstić information content (AvgIpc) is 3.20. The lowest BCUT2D eigenvalue weighted by atomic mass is 9.88. The topological polar surface area (TPSA) is 103 Å². The molecule has 0 saturated carbocycles. The van der Waals surface area contributed by atoms with Crippen LogP contribution in [0.5, 0.6) is 5.75 Å². The van der Waals surface area contributed by atoms with Crippen LogP contribution in [0.25, 0.3) is 11.0 Å². The quantitative estimate of drug-likeness (QED) is 0.412. The van der Waals surface area contributed by atoms with Gasteiger partial charge in [0.2, 0.25) is 5.91 Å². The average molecular weight is 581 g/mol. The van der Waals surface area contributed by atoms with Gasteiger partial charge in [-0.15, -0.1) is 0 Å². The molecule has 0 spiro atoms. The SMILES string of the molecule is COc1ccc(CN2C(=O)CCC(n3c(=O)n(C)c4c(C5CCN(C(=O)OC(C)(C)C)CC5)c(F)ccc43)C2=O)cc1. The number of methoxy groups -OCH3 is 1. The fourth-order valence-electron chi connectivity index (χ4n) is 5.99. The molecule has 0 N–H and O–H groups in total. The lowest BCUT2D eigenvalue weighted by Crippen LogP contribution is -2.47. The standard InChI is InChI=1S/C31H37FN4O6/c1-31(2,3)42-30(40)34-16-14-20(15-17-34)26-22(32)10-11-23-27(26)33(4)29(39)36(23)24-12-13-25(37)35(28(24)38)18-19-6-8-21(41-5)9-7-19/h6-11,20,24H,12-18H2,1-5H3. The summed E-state index contributed by atoms with van der Waals surface area (Å²) in [5, 5.41) is 0. The van der Waals surface area contributed by atoms with Gasteiger partial charge in [0.25, 0.3) is 5.91 Å². The summed E-state index contributed by atoms with van der Waals surface area (Å²) >= 11 is 0. The number of hydrogen-bond acceptors (Lipinski definition) is 6. The Balaban J connectivity index is 1.44. The summed E-state index contributed by atoms with van der Waals surface area (Å²) in [5.41, 5.74) is 0.987. The molecule has 1 unspecified atom stereocenters. The number of fused-ring (bicyclic) bond motifs is 1. The van der Waals surface area contributed by atoms with E-state index in [1.54, 1.807) is 43.3 Å². The van der Waals surface area contributed by atoms with E-state index in [2.05, 4.69) is 0 Å². The molecule has 2 aromatic carbocycles. The van der Waals surface area contributed by atoms with Gasteiger partial charge in [0.15, 0.2) is 0 Å². The van der Waals surface area contributed by atoms with E-state index in [1.807, 2.05) is 20.8 Å². The summed E-state index contributed by atoms with van der Waals surface area (Å²) in [6.45, 7) is 6.30. The van der Waals surface area contributed by atoms with E-state index in [-0.39, 0.29) is 31.2 Å². The molecule has 2 fully saturated rings. The van der Waals surface area contributed by atoms with Gasteiger partial charge in [-0.05, 0) is 75.8 Å². The van der Waals surface area contributed by atoms with E-state index in [1.165, 1.54) is 26.2 Å². The summed E-state index contributed by atoms with van der Waals surface area (Å²) in [5.74, 6) is -0.771. The van der Waals surface area contributed by atoms with Crippen molar-refractivity contribution in [1.82, 2.24) is 18.9 Å². The molecule has 5 rings (SSSR count). The molecule has 2 aliphatic rings. The molecule has 2 saturated heterocycles. The van der Waals surface area contributed by atoms with Crippen LogP contribution >= 0.6 is 0 Å². The van der Waals surface area contributed by atoms with E-state index in [0.29, 0.717) is 48.3 Å². The van der Waals surface area contributed by atoms with Gasteiger partial charge in [-0.1, -0.05) is 12.1 Å². The molecule has 3 heterocycles. The minimum absolute atomic E-state index is 0.0772. The zero-order chi connectivity index (χ0) is 30.3. The number of benzene rings is 2. The van der Waals surface area contributed by atoms with Crippen molar-refractivity contribution in [2.24, 2.45) is 7.05 Å². The largest absolute Gasteiger partial charge is 0.497 e. The molecule has 0 bridgehead atoms. The first-order valence-corrected chi connectivity index (χ1v) is 14.2. The Bertz CT molecular complexity index is 1580. The van der Waals surface area contributed by atoms with Crippen molar-refractivity contribution in [3.63, 3.8) is 0 Å². The first kappa shape index (κ1) is 29.3. The third-order valence-corrected chi connectivity index (χ3v) is 8.08. The molecule has 42 heavy (non-hydrogen) atoms. The van der Waals surface area contributed by atoms with Crippen molar-refractivity contribution in [3.05, 3.63) is 63.8 Å². The third-order valence-electron chi connectivity index (χ3n) is 8.08. The maximum absolute atomic E-state index is 15.5. The normalized spacial score (nSPS) is 18.6. The molecule has 1 aromatic heterocycles. The van der Waals surface area contributed by atoms with Gasteiger partial charge in [0.1, 0.15) is 23.2 Å². The predicted octanol–water partition coefficient (Wildman–Crippen LogP) is 4.49. The molecule has 3 aromatic rings. The number of aromatic nitrogens is 2. The van der Waals surface area contributed by atoms with E-state index in [0.717, 1.165) is 5.56 Å². The molecule has 2 aliphatic heterocycles. The van der Waals surface area contributed by atoms with E-state index >= 15 is 4.39 Å². The van der Waals surface area contributed by atoms with Crippen molar-refractivity contribution >= 4 is 28.9 Å². The number of ether oxygens (including phenoxy) is 2. The van der Waals surface area contributed by atoms with Crippen molar-refractivity contribution in [1.29, 1.82) is 0 Å². The Morgan fingerprint density at radius 2 is 1.67 bits per heavy atom. The zero-order valence-corrected chi connectivity index (χ0v) is 24.7. The van der Waals surface area contributed by atoms with Crippen LogP contribution in [0.15, 0.2) is 41.2 Å². The molecular formula is C31H37FN4O6. The first-order valence-electron chi connectivity index (χ1n) is 14.2. The lowest BCUT2D eigenvalue weighted by Gasteiger charge is -2.34. The highest BCUT2D eigenvalue weighted by Crippen LogP contribution is 2.37. The number of imide groups is 1. The molecule has 0 aliphatic carbocycles. The number of nitrogens with zero attached hydrogens (tertiary/aromatic N) is 4. The van der Waals surface area contributed by atoms with Gasteiger partial charge < -0.3 is 14.4 Å². The van der Waals surface area contributed by atoms with Gasteiger partial charge in [0, 0.05) is 32.1 Å². The van der Waals surface area contributed by atoms with Crippen LogP contribution in [-0.4, -0.2) is 62.6 Å². The molecule has 1 atom stereocenters. The fraction of sp³-hybridized carbons (Fsp3) is 0.484. The Hall–Kier alpha value is -4.15. The van der Waals surface area contributed by atoms with E-state index < -0.39 is 35.2 Å². The number of imidazole rings is 1. The Labute approximate surface area is 243 Å². The number of amides is 3. The Morgan fingerprint density at radius 3 is 2.29 bits per heavy atom. The van der Waals surface area contributed by atoms with Gasteiger partial charge in [-0.2, -0.15) is 0 Å². The lowest BCUT2D eigenvalue weighted by molar-refractivity contribution is -0.151. The van der Waals surface area contributed by atoms with Gasteiger partial charge >= 0.3 is 11.8 Å². The molecule has 0 radical (unpaired) electrons. The predicted molar refractivity (Wildman–Crippen MR) is 154 cm³/mol. The number of carbonyl (C=O) groups excluding carboxylic acids is 3. The number of rotatable bonds is 5. The summed E-state index contributed by atoms with van der Waals surface area (Å²) < 4.78 is 29.0. The number of hydrogen-bond donors (Lipinski definition) is 0. The minimum atomic E-state index is -0.899. The van der Waals surface area contributed by atoms with Crippen LogP contribution in [0, 0.1) is 5.82 Å². The molecule has 11 heteroatoms. The van der Waals surface area contributed by atoms with Crippen LogP contribution in [0.3, 0.4) is 0 Å². The van der Waals surface area contributed by atoms with E-state index in [9.17, 15) is 19.2 Å². The van der Waals surface area contributed by atoms with Crippen molar-refractivity contribution < 1.29 is 28.2 Å². The van der Waals surface area contributed by atoms with Crippen LogP contribution in [0.2, 0.25) is 0 Å². The smallest absolute Gasteiger partial charge is 0.410 e. The first-order chi connectivity index (χ1) is 19.9. The number of likely N-dealkylation sites (tertiary alicyclic amines) is 2. The molecule has 10 nitrogen and oxygen atoms in total. The summed E-state index contributed by atoms with van der Waals surface area (Å²) in [6.07, 6.45) is 0.883. The zero-order valence-electron chi connectivity index (χ0n) is 24.7. The van der Waals surface area contributed by atoms with Crippen LogP contribution in [0.4, 0.5) is 9.18 Å². The number of piperidine rings is 2. The maximum atomic E-state index is 15.5. The van der Waals surface area contributed by atoms with Gasteiger partial charge in [0.05, 0.1) is 24.7 Å². The highest BCUT2D eigenvalue weighted by molar-refractivity contribution is 6.00. The number of carbonyl (C=O) groups is 3. The Morgan fingerprint density at radius 1 is 1.00 bits per heavy atom. The maximum Gasteiger partial charge on any atom is 0.410 e. The van der Waals surface area contributed by atoms with Gasteiger partial charge in [-0.3, -0.25) is 23.6 Å². The van der Waals surface area contributed by atoms with Crippen molar-refractivity contribution in [3.8, 4) is 5.75 Å². The van der Waals surface area contributed by atoms with E-state index in [4.69, 9.17) is 9.47 Å². The van der Waals surface area contributed by atoms with Crippen LogP contribution in [-0.2, 0) is 27.9 Å². The fourth-order valence-corrected chi connectivity index (χ4v) is 5.99. The third kappa shape index (κ3) is 5.52. The van der Waals surface area contributed by atoms with Gasteiger partial charge in [-0.25, -0.2) is 14.0 Å². The second kappa shape index (κ2) is 11.3. The van der Waals surface area contributed by atoms with Crippen LogP contribution in [0.1, 0.15) is 69.5 Å². The van der Waals surface area contributed by atoms with Crippen molar-refractivity contribution in [2.75, 3.05) is 20.2 Å². The minimum Gasteiger partial charge on any atom is -0.497 e. The molecular weight excluding hydrogens is 543 g/mol. The number of halogens is 1. The number of aryl methyl sites for hydroxylation is 1. The second-order valence-electron chi connectivity index (χ2n) is 12.0. The Kier molecular flexibility index (Phi) is 7.87. The highest BCUT2D eigenvalue weighted by atomic mass is 19.1. The summed E-state index contributed by atoms with van der Waals surface area (Å²) in [7, 11) is 3.14. The van der Waals surface area contributed by atoms with Crippen molar-refractivity contribution in [2.45, 2.75) is 70.6 Å². The van der Waals surface area contributed by atoms with Crippen LogP contribution < -0.4 is 10.4 Å². The monoisotopic (exact) mass is 580 g/mol. The second-order valence-corrected chi connectivity index (χ2v) is 12.0.